The molecular weight excluding hydrogens is 396 g/mol. The van der Waals surface area contributed by atoms with Gasteiger partial charge in [-0.15, -0.1) is 0 Å². The first-order chi connectivity index (χ1) is 14.6. The highest BCUT2D eigenvalue weighted by Crippen LogP contribution is 2.29. The molecule has 3 heterocycles. The number of nitrogens with one attached hydrogen (secondary N) is 1. The molecule has 0 amide bonds. The summed E-state index contributed by atoms with van der Waals surface area (Å²) in [5, 5.41) is 3.83. The molecule has 3 N–H and O–H groups in total. The van der Waals surface area contributed by atoms with Gasteiger partial charge in [0.15, 0.2) is 11.5 Å². The predicted octanol–water partition coefficient (Wildman–Crippen LogP) is 4.10. The molecule has 4 rings (SSSR count). The van der Waals surface area contributed by atoms with Gasteiger partial charge in [0.2, 0.25) is 0 Å². The number of nitrogens with zero attached hydrogens (tertiary/aromatic N) is 4. The van der Waals surface area contributed by atoms with Crippen molar-refractivity contribution in [2.45, 2.75) is 18.8 Å². The summed E-state index contributed by atoms with van der Waals surface area (Å²) in [7, 11) is 1.65. The zero-order valence-electron chi connectivity index (χ0n) is 17.0. The first-order valence-electron chi connectivity index (χ1n) is 10.0. The summed E-state index contributed by atoms with van der Waals surface area (Å²) in [4.78, 5) is 13.5. The molecule has 1 fully saturated rings. The minimum atomic E-state index is 0.379. The number of fused-ring (bicyclic) bond motifs is 1. The number of nitrogens with two attached hydrogens (primary N) is 1. The van der Waals surface area contributed by atoms with Crippen LogP contribution >= 0.6 is 11.6 Å². The average Bonchev–Trinajstić information content (AvgIpc) is 3.15. The summed E-state index contributed by atoms with van der Waals surface area (Å²) in [6.07, 6.45) is 5.81. The second-order valence-corrected chi connectivity index (χ2v) is 7.68. The molecule has 1 aliphatic rings. The fourth-order valence-corrected chi connectivity index (χ4v) is 4.07. The molecule has 1 aromatic carbocycles. The third-order valence-corrected chi connectivity index (χ3v) is 5.69. The van der Waals surface area contributed by atoms with Crippen LogP contribution in [-0.4, -0.2) is 40.5 Å². The Labute approximate surface area is 181 Å². The Hall–Kier alpha value is -2.96. The largest absolute Gasteiger partial charge is 0.383 e. The van der Waals surface area contributed by atoms with E-state index in [1.807, 2.05) is 16.7 Å². The predicted molar refractivity (Wildman–Crippen MR) is 124 cm³/mol. The first kappa shape index (κ1) is 20.3. The third-order valence-electron chi connectivity index (χ3n) is 5.47. The molecule has 1 saturated heterocycles. The van der Waals surface area contributed by atoms with Gasteiger partial charge >= 0.3 is 0 Å². The van der Waals surface area contributed by atoms with Crippen molar-refractivity contribution >= 4 is 34.2 Å². The lowest BCUT2D eigenvalue weighted by Crippen LogP contribution is -2.26. The summed E-state index contributed by atoms with van der Waals surface area (Å²) in [5.41, 5.74) is 10.6. The van der Waals surface area contributed by atoms with Gasteiger partial charge < -0.3 is 11.1 Å². The lowest BCUT2D eigenvalue weighted by atomic mass is 9.90. The van der Waals surface area contributed by atoms with Gasteiger partial charge in [0.05, 0.1) is 5.57 Å². The molecule has 154 valence electrons. The minimum Gasteiger partial charge on any atom is -0.383 e. The number of halogens is 1. The number of amidine groups is 1. The second kappa shape index (κ2) is 8.81. The van der Waals surface area contributed by atoms with Gasteiger partial charge in [-0.05, 0) is 67.8 Å². The van der Waals surface area contributed by atoms with E-state index in [4.69, 9.17) is 22.3 Å². The Kier molecular flexibility index (Phi) is 5.97. The van der Waals surface area contributed by atoms with Crippen molar-refractivity contribution in [3.63, 3.8) is 0 Å². The van der Waals surface area contributed by atoms with E-state index in [2.05, 4.69) is 46.1 Å². The molecule has 0 aliphatic carbocycles. The number of allylic oxidation sites excluding steroid dienone is 2. The van der Waals surface area contributed by atoms with Crippen molar-refractivity contribution < 1.29 is 0 Å². The summed E-state index contributed by atoms with van der Waals surface area (Å²) >= 11 is 6.21. The number of pyridine rings is 1. The van der Waals surface area contributed by atoms with E-state index in [9.17, 15) is 0 Å². The van der Waals surface area contributed by atoms with Gasteiger partial charge in [-0.2, -0.15) is 0 Å². The van der Waals surface area contributed by atoms with E-state index >= 15 is 0 Å². The summed E-state index contributed by atoms with van der Waals surface area (Å²) in [6, 6.07) is 12.2. The fraction of sp³-hybridized carbons (Fsp3) is 0.261. The number of hydrogen-bond acceptors (Lipinski definition) is 4. The van der Waals surface area contributed by atoms with Gasteiger partial charge in [0, 0.05) is 12.7 Å². The highest BCUT2D eigenvalue weighted by atomic mass is 35.5. The molecule has 0 saturated carbocycles. The number of hydrogen-bond donors (Lipinski definition) is 2. The maximum absolute atomic E-state index is 6.21. The molecule has 3 aromatic rings. The third kappa shape index (κ3) is 3.88. The summed E-state index contributed by atoms with van der Waals surface area (Å²) in [6.45, 7) is 5.94. The smallest absolute Gasteiger partial charge is 0.166 e. The SMILES string of the molecule is C=C/C=C(\C(N)=NC)c1nc2ccc(Cl)nc2n1-c1ccc(C2CCNCC2)cc1. The van der Waals surface area contributed by atoms with Crippen molar-refractivity contribution in [1.29, 1.82) is 0 Å². The van der Waals surface area contributed by atoms with Crippen molar-refractivity contribution in [2.75, 3.05) is 20.1 Å². The minimum absolute atomic E-state index is 0.379. The molecule has 6 nitrogen and oxygen atoms in total. The van der Waals surface area contributed by atoms with E-state index in [0.29, 0.717) is 34.0 Å². The fourth-order valence-electron chi connectivity index (χ4n) is 3.92. The Morgan fingerprint density at radius 3 is 2.60 bits per heavy atom. The molecule has 0 atom stereocenters. The number of benzene rings is 1. The standard InChI is InChI=1S/C23H25ClN6/c1-3-4-18(21(25)26-2)22-28-19-9-10-20(24)29-23(19)30(22)17-7-5-15(6-8-17)16-11-13-27-14-12-16/h3-10,16,27H,1,11-14H2,2H3,(H2,25,26)/b18-4+. The van der Waals surface area contributed by atoms with Crippen molar-refractivity contribution in [1.82, 2.24) is 19.9 Å². The van der Waals surface area contributed by atoms with Crippen LogP contribution in [0.4, 0.5) is 0 Å². The van der Waals surface area contributed by atoms with Crippen LogP contribution in [-0.2, 0) is 0 Å². The van der Waals surface area contributed by atoms with Crippen LogP contribution in [0, 0.1) is 0 Å². The van der Waals surface area contributed by atoms with Crippen LogP contribution in [0.3, 0.4) is 0 Å². The molecule has 1 aliphatic heterocycles. The Morgan fingerprint density at radius 2 is 1.93 bits per heavy atom. The lowest BCUT2D eigenvalue weighted by molar-refractivity contribution is 0.460. The maximum atomic E-state index is 6.21. The molecule has 2 aromatic heterocycles. The first-order valence-corrected chi connectivity index (χ1v) is 10.4. The Bertz CT molecular complexity index is 1120. The zero-order chi connectivity index (χ0) is 21.1. The van der Waals surface area contributed by atoms with E-state index < -0.39 is 0 Å². The van der Waals surface area contributed by atoms with Crippen LogP contribution in [0.5, 0.6) is 0 Å². The quantitative estimate of drug-likeness (QED) is 0.282. The molecule has 0 radical (unpaired) electrons. The monoisotopic (exact) mass is 420 g/mol. The molecule has 0 unspecified atom stereocenters. The zero-order valence-corrected chi connectivity index (χ0v) is 17.7. The van der Waals surface area contributed by atoms with Crippen LogP contribution in [0.1, 0.15) is 30.1 Å². The summed E-state index contributed by atoms with van der Waals surface area (Å²) in [5.74, 6) is 1.62. The Morgan fingerprint density at radius 1 is 1.20 bits per heavy atom. The van der Waals surface area contributed by atoms with E-state index in [1.54, 1.807) is 19.2 Å². The van der Waals surface area contributed by atoms with Crippen molar-refractivity contribution in [3.8, 4) is 5.69 Å². The summed E-state index contributed by atoms with van der Waals surface area (Å²) < 4.78 is 1.97. The van der Waals surface area contributed by atoms with Crippen LogP contribution in [0.15, 0.2) is 60.1 Å². The van der Waals surface area contributed by atoms with Crippen LogP contribution in [0.2, 0.25) is 5.15 Å². The highest BCUT2D eigenvalue weighted by molar-refractivity contribution is 6.29. The van der Waals surface area contributed by atoms with E-state index in [1.165, 1.54) is 5.56 Å². The van der Waals surface area contributed by atoms with E-state index in [0.717, 1.165) is 37.1 Å². The van der Waals surface area contributed by atoms with Gasteiger partial charge in [-0.25, -0.2) is 9.97 Å². The van der Waals surface area contributed by atoms with Crippen LogP contribution < -0.4 is 11.1 Å². The number of aliphatic imine (C=N–C) groups is 1. The van der Waals surface area contributed by atoms with Crippen molar-refractivity contribution in [3.05, 3.63) is 71.7 Å². The Balaban J connectivity index is 1.87. The normalized spacial score (nSPS) is 16.2. The molecule has 0 spiro atoms. The number of piperidine rings is 1. The maximum Gasteiger partial charge on any atom is 0.166 e. The number of rotatable bonds is 5. The lowest BCUT2D eigenvalue weighted by Gasteiger charge is -2.23. The number of imidazole rings is 1. The van der Waals surface area contributed by atoms with Gasteiger partial charge in [0.25, 0.3) is 0 Å². The average molecular weight is 421 g/mol. The molecule has 7 heteroatoms. The second-order valence-electron chi connectivity index (χ2n) is 7.29. The van der Waals surface area contributed by atoms with Gasteiger partial charge in [0.1, 0.15) is 16.5 Å². The topological polar surface area (TPSA) is 81.1 Å². The molecule has 0 bridgehead atoms. The highest BCUT2D eigenvalue weighted by Gasteiger charge is 2.20. The van der Waals surface area contributed by atoms with Crippen LogP contribution in [0.25, 0.3) is 22.4 Å². The van der Waals surface area contributed by atoms with E-state index in [-0.39, 0.29) is 0 Å². The number of aromatic nitrogens is 3. The van der Waals surface area contributed by atoms with Gasteiger partial charge in [-0.3, -0.25) is 9.56 Å². The van der Waals surface area contributed by atoms with Crippen molar-refractivity contribution in [2.24, 2.45) is 10.7 Å². The molecular formula is C23H25ClN6. The molecule has 30 heavy (non-hydrogen) atoms. The van der Waals surface area contributed by atoms with Gasteiger partial charge in [-0.1, -0.05) is 36.4 Å².